The van der Waals surface area contributed by atoms with Crippen LogP contribution in [0.1, 0.15) is 251 Å². The van der Waals surface area contributed by atoms with Crippen LogP contribution in [0.25, 0.3) is 0 Å². The molecule has 7 atom stereocenters. The molecule has 9 nitrogen and oxygen atoms in total. The zero-order chi connectivity index (χ0) is 52.2. The highest BCUT2D eigenvalue weighted by Crippen LogP contribution is 2.23. The van der Waals surface area contributed by atoms with Gasteiger partial charge in [-0.15, -0.1) is 0 Å². The van der Waals surface area contributed by atoms with Gasteiger partial charge in [0.25, 0.3) is 0 Å². The van der Waals surface area contributed by atoms with Crippen LogP contribution in [0.3, 0.4) is 0 Å². The zero-order valence-corrected chi connectivity index (χ0v) is 46.2. The number of allylic oxidation sites excluding steroid dienone is 13. The van der Waals surface area contributed by atoms with Crippen LogP contribution in [-0.4, -0.2) is 87.5 Å². The molecule has 416 valence electrons. The number of rotatable bonds is 50. The average molecular weight is 1010 g/mol. The predicted molar refractivity (Wildman–Crippen MR) is 304 cm³/mol. The number of ether oxygens (including phenoxy) is 2. The van der Waals surface area contributed by atoms with Crippen molar-refractivity contribution in [2.75, 3.05) is 13.2 Å². The first-order valence-electron chi connectivity index (χ1n) is 29.8. The number of carbonyl (C=O) groups is 1. The minimum atomic E-state index is -1.58. The molecule has 0 radical (unpaired) electrons. The molecule has 1 aliphatic rings. The summed E-state index contributed by atoms with van der Waals surface area (Å²) in [4.78, 5) is 13.1. The van der Waals surface area contributed by atoms with Gasteiger partial charge >= 0.3 is 0 Å². The monoisotopic (exact) mass is 1010 g/mol. The second kappa shape index (κ2) is 51.8. The number of hydrogen-bond acceptors (Lipinski definition) is 8. The van der Waals surface area contributed by atoms with Gasteiger partial charge in [0, 0.05) is 6.42 Å². The molecular weight excluding hydrogens is 899 g/mol. The van der Waals surface area contributed by atoms with Crippen LogP contribution in [0.4, 0.5) is 0 Å². The minimum absolute atomic E-state index is 0.195. The van der Waals surface area contributed by atoms with Crippen LogP contribution in [0.2, 0.25) is 0 Å². The molecule has 0 aromatic carbocycles. The van der Waals surface area contributed by atoms with Gasteiger partial charge in [-0.05, 0) is 77.0 Å². The Morgan fingerprint density at radius 1 is 0.486 bits per heavy atom. The standard InChI is InChI=1S/C63H111NO8/c1-3-5-7-9-11-13-15-17-19-21-23-25-27-29-31-33-35-37-39-41-43-45-47-49-51-53-59(67)64-56(55-71-63-62(70)61(69)60(68)58(54-65)72-63)57(66)52-50-48-46-44-42-40-38-36-34-32-30-28-26-24-22-20-18-16-14-12-10-8-6-4-2/h5,7,11,13,17,19,23,25,29,31,42,44,50,52,56-58,60-63,65-66,68-70H,3-4,6,8-10,12,14-16,18,20-22,24,26-28,30,32-41,43,45-49,51,53-55H2,1-2H3,(H,64,67)/b7-5-,13-11-,19-17-,25-23-,31-29-,44-42+,52-50+. The number of hydrogen-bond donors (Lipinski definition) is 6. The Morgan fingerprint density at radius 2 is 0.875 bits per heavy atom. The summed E-state index contributed by atoms with van der Waals surface area (Å²) >= 11 is 0. The third kappa shape index (κ3) is 40.7. The summed E-state index contributed by atoms with van der Waals surface area (Å²) in [5, 5.41) is 54.5. The number of aliphatic hydroxyl groups is 5. The average Bonchev–Trinajstić information content (AvgIpc) is 3.38. The van der Waals surface area contributed by atoms with Gasteiger partial charge in [-0.1, -0.05) is 253 Å². The van der Waals surface area contributed by atoms with E-state index in [-0.39, 0.29) is 12.5 Å². The fraction of sp³-hybridized carbons (Fsp3) is 0.762. The van der Waals surface area contributed by atoms with Crippen molar-refractivity contribution in [3.8, 4) is 0 Å². The lowest BCUT2D eigenvalue weighted by atomic mass is 9.99. The number of nitrogens with one attached hydrogen (secondary N) is 1. The van der Waals surface area contributed by atoms with E-state index in [1.54, 1.807) is 6.08 Å². The van der Waals surface area contributed by atoms with E-state index >= 15 is 0 Å². The van der Waals surface area contributed by atoms with Crippen molar-refractivity contribution in [1.29, 1.82) is 0 Å². The van der Waals surface area contributed by atoms with Crippen molar-refractivity contribution in [3.63, 3.8) is 0 Å². The molecule has 0 aliphatic carbocycles. The van der Waals surface area contributed by atoms with Gasteiger partial charge in [0.1, 0.15) is 24.4 Å². The van der Waals surface area contributed by atoms with Crippen molar-refractivity contribution < 1.29 is 39.8 Å². The summed E-state index contributed by atoms with van der Waals surface area (Å²) in [5.41, 5.74) is 0. The van der Waals surface area contributed by atoms with E-state index in [0.29, 0.717) is 6.42 Å². The number of amides is 1. The Balaban J connectivity index is 2.25. The first kappa shape index (κ1) is 67.4. The van der Waals surface area contributed by atoms with Crippen LogP contribution in [0.15, 0.2) is 85.1 Å². The summed E-state index contributed by atoms with van der Waals surface area (Å²) in [5.74, 6) is -0.195. The lowest BCUT2D eigenvalue weighted by Gasteiger charge is -2.40. The maximum absolute atomic E-state index is 13.1. The van der Waals surface area contributed by atoms with Gasteiger partial charge in [-0.3, -0.25) is 4.79 Å². The van der Waals surface area contributed by atoms with Crippen molar-refractivity contribution in [2.24, 2.45) is 0 Å². The van der Waals surface area contributed by atoms with Crippen LogP contribution in [-0.2, 0) is 14.3 Å². The Hall–Kier alpha value is -2.63. The van der Waals surface area contributed by atoms with Gasteiger partial charge in [-0.25, -0.2) is 0 Å². The number of aliphatic hydroxyl groups excluding tert-OH is 5. The first-order chi connectivity index (χ1) is 35.3. The van der Waals surface area contributed by atoms with Crippen LogP contribution in [0, 0.1) is 0 Å². The zero-order valence-electron chi connectivity index (χ0n) is 46.2. The summed E-state index contributed by atoms with van der Waals surface area (Å²) in [6.07, 6.45) is 66.5. The van der Waals surface area contributed by atoms with E-state index < -0.39 is 49.5 Å². The van der Waals surface area contributed by atoms with E-state index in [9.17, 15) is 30.3 Å². The molecule has 1 amide bonds. The molecule has 1 aliphatic heterocycles. The Bertz CT molecular complexity index is 1400. The topological polar surface area (TPSA) is 149 Å². The lowest BCUT2D eigenvalue weighted by Crippen LogP contribution is -2.60. The predicted octanol–water partition coefficient (Wildman–Crippen LogP) is 15.0. The van der Waals surface area contributed by atoms with Gasteiger partial charge < -0.3 is 40.3 Å². The number of unbranched alkanes of at least 4 members (excludes halogenated alkanes) is 28. The van der Waals surface area contributed by atoms with Crippen molar-refractivity contribution in [2.45, 2.75) is 294 Å². The van der Waals surface area contributed by atoms with Crippen LogP contribution < -0.4 is 5.32 Å². The molecule has 9 heteroatoms. The molecule has 7 unspecified atom stereocenters. The molecule has 1 saturated heterocycles. The quantitative estimate of drug-likeness (QED) is 0.0261. The summed E-state index contributed by atoms with van der Waals surface area (Å²) in [7, 11) is 0. The Morgan fingerprint density at radius 3 is 1.33 bits per heavy atom. The maximum atomic E-state index is 13.1. The van der Waals surface area contributed by atoms with E-state index in [1.165, 1.54) is 148 Å². The fourth-order valence-electron chi connectivity index (χ4n) is 9.02. The van der Waals surface area contributed by atoms with Crippen molar-refractivity contribution in [3.05, 3.63) is 85.1 Å². The third-order valence-corrected chi connectivity index (χ3v) is 13.7. The Kier molecular flexibility index (Phi) is 48.5. The van der Waals surface area contributed by atoms with E-state index in [2.05, 4.69) is 92.1 Å². The molecule has 0 aromatic heterocycles. The van der Waals surface area contributed by atoms with E-state index in [1.807, 2.05) is 6.08 Å². The van der Waals surface area contributed by atoms with Gasteiger partial charge in [0.15, 0.2) is 6.29 Å². The van der Waals surface area contributed by atoms with Crippen LogP contribution >= 0.6 is 0 Å². The van der Waals surface area contributed by atoms with Crippen LogP contribution in [0.5, 0.6) is 0 Å². The molecule has 1 fully saturated rings. The van der Waals surface area contributed by atoms with Crippen molar-refractivity contribution in [1.82, 2.24) is 5.32 Å². The molecule has 1 rings (SSSR count). The molecule has 0 aromatic rings. The van der Waals surface area contributed by atoms with E-state index in [4.69, 9.17) is 9.47 Å². The highest BCUT2D eigenvalue weighted by Gasteiger charge is 2.44. The summed E-state index contributed by atoms with van der Waals surface area (Å²) in [6.45, 7) is 3.66. The molecule has 6 N–H and O–H groups in total. The normalized spacial score (nSPS) is 19.8. The molecule has 0 spiro atoms. The highest BCUT2D eigenvalue weighted by molar-refractivity contribution is 5.76. The lowest BCUT2D eigenvalue weighted by molar-refractivity contribution is -0.302. The van der Waals surface area contributed by atoms with Gasteiger partial charge in [0.2, 0.25) is 5.91 Å². The highest BCUT2D eigenvalue weighted by atomic mass is 16.7. The maximum Gasteiger partial charge on any atom is 0.220 e. The summed E-state index contributed by atoms with van der Waals surface area (Å²) in [6, 6.07) is -0.831. The fourth-order valence-corrected chi connectivity index (χ4v) is 9.02. The van der Waals surface area contributed by atoms with E-state index in [0.717, 1.165) is 83.5 Å². The molecule has 72 heavy (non-hydrogen) atoms. The molecule has 1 heterocycles. The Labute approximate surface area is 441 Å². The summed E-state index contributed by atoms with van der Waals surface area (Å²) < 4.78 is 11.3. The third-order valence-electron chi connectivity index (χ3n) is 13.7. The molecular formula is C63H111NO8. The first-order valence-corrected chi connectivity index (χ1v) is 29.8. The second-order valence-electron chi connectivity index (χ2n) is 20.4. The smallest absolute Gasteiger partial charge is 0.220 e. The SMILES string of the molecule is CC/C=C\C/C=C\C/C=C\C/C=C\C/C=C\CCCCCCCCCCCC(=O)NC(COC1OC(CO)C(O)C(O)C1O)C(O)/C=C/CC/C=C/CCCCCCCCCCCCCCCCCCCC. The van der Waals surface area contributed by atoms with Crippen molar-refractivity contribution >= 4 is 5.91 Å². The second-order valence-corrected chi connectivity index (χ2v) is 20.4. The largest absolute Gasteiger partial charge is 0.394 e. The van der Waals surface area contributed by atoms with Gasteiger partial charge in [-0.2, -0.15) is 0 Å². The molecule has 0 bridgehead atoms. The minimum Gasteiger partial charge on any atom is -0.394 e. The molecule has 0 saturated carbocycles. The van der Waals surface area contributed by atoms with Gasteiger partial charge in [0.05, 0.1) is 25.4 Å². The number of carbonyl (C=O) groups excluding carboxylic acids is 1.